The van der Waals surface area contributed by atoms with Crippen molar-refractivity contribution in [3.8, 4) is 0 Å². The summed E-state index contributed by atoms with van der Waals surface area (Å²) in [4.78, 5) is 11.4. The van der Waals surface area contributed by atoms with Crippen LogP contribution in [-0.2, 0) is 14.3 Å². The average Bonchev–Trinajstić information content (AvgIpc) is 2.41. The molecule has 0 bridgehead atoms. The van der Waals surface area contributed by atoms with Crippen LogP contribution in [-0.4, -0.2) is 38.4 Å². The molecule has 1 aliphatic heterocycles. The molecule has 0 aromatic carbocycles. The third-order valence-electron chi connectivity index (χ3n) is 2.61. The highest BCUT2D eigenvalue weighted by Gasteiger charge is 2.14. The summed E-state index contributed by atoms with van der Waals surface area (Å²) < 4.78 is 10.7. The SMILES string of the molecule is CCCC/C=C/C=C/C(=O)NCC1COCCO1. The highest BCUT2D eigenvalue weighted by Crippen LogP contribution is 1.99. The van der Waals surface area contributed by atoms with Gasteiger partial charge in [-0.2, -0.15) is 0 Å². The van der Waals surface area contributed by atoms with Crippen LogP contribution in [0.5, 0.6) is 0 Å². The quantitative estimate of drug-likeness (QED) is 0.428. The molecule has 1 rings (SSSR count). The number of amides is 1. The maximum absolute atomic E-state index is 11.4. The van der Waals surface area contributed by atoms with Crippen molar-refractivity contribution >= 4 is 5.91 Å². The van der Waals surface area contributed by atoms with Crippen molar-refractivity contribution in [1.29, 1.82) is 0 Å². The number of nitrogens with one attached hydrogen (secondary N) is 1. The number of allylic oxidation sites excluding steroid dienone is 3. The van der Waals surface area contributed by atoms with Crippen LogP contribution in [0.15, 0.2) is 24.3 Å². The van der Waals surface area contributed by atoms with Gasteiger partial charge in [-0.25, -0.2) is 0 Å². The number of rotatable bonds is 7. The molecule has 1 N–H and O–H groups in total. The summed E-state index contributed by atoms with van der Waals surface area (Å²) in [5, 5.41) is 2.79. The van der Waals surface area contributed by atoms with Crippen molar-refractivity contribution in [2.45, 2.75) is 32.3 Å². The molecule has 1 heterocycles. The van der Waals surface area contributed by atoms with E-state index in [1.807, 2.05) is 6.08 Å². The maximum Gasteiger partial charge on any atom is 0.244 e. The predicted molar refractivity (Wildman–Crippen MR) is 71.4 cm³/mol. The van der Waals surface area contributed by atoms with Crippen LogP contribution in [0.1, 0.15) is 26.2 Å². The Morgan fingerprint density at radius 3 is 3.00 bits per heavy atom. The van der Waals surface area contributed by atoms with E-state index in [4.69, 9.17) is 9.47 Å². The van der Waals surface area contributed by atoms with Gasteiger partial charge in [0.05, 0.1) is 25.9 Å². The molecule has 18 heavy (non-hydrogen) atoms. The van der Waals surface area contributed by atoms with E-state index in [2.05, 4.69) is 18.3 Å². The van der Waals surface area contributed by atoms with E-state index < -0.39 is 0 Å². The van der Waals surface area contributed by atoms with Crippen molar-refractivity contribution in [2.75, 3.05) is 26.4 Å². The Kier molecular flexibility index (Phi) is 8.17. The van der Waals surface area contributed by atoms with Crippen LogP contribution in [0.4, 0.5) is 0 Å². The van der Waals surface area contributed by atoms with Crippen LogP contribution in [0.3, 0.4) is 0 Å². The first kappa shape index (κ1) is 14.9. The van der Waals surface area contributed by atoms with E-state index in [1.165, 1.54) is 18.9 Å². The standard InChI is InChI=1S/C14H23NO3/c1-2-3-4-5-6-7-8-14(16)15-11-13-12-17-9-10-18-13/h5-8,13H,2-4,9-12H2,1H3,(H,15,16)/b6-5+,8-7+. The summed E-state index contributed by atoms with van der Waals surface area (Å²) >= 11 is 0. The fourth-order valence-electron chi connectivity index (χ4n) is 1.57. The normalized spacial score (nSPS) is 20.6. The molecule has 0 spiro atoms. The monoisotopic (exact) mass is 253 g/mol. The number of unbranched alkanes of at least 4 members (excludes halogenated alkanes) is 2. The molecular weight excluding hydrogens is 230 g/mol. The summed E-state index contributed by atoms with van der Waals surface area (Å²) in [6, 6.07) is 0. The van der Waals surface area contributed by atoms with E-state index in [-0.39, 0.29) is 12.0 Å². The number of hydrogen-bond acceptors (Lipinski definition) is 3. The highest BCUT2D eigenvalue weighted by molar-refractivity contribution is 5.87. The third kappa shape index (κ3) is 7.25. The Hall–Kier alpha value is -1.13. The second-order valence-corrected chi connectivity index (χ2v) is 4.24. The van der Waals surface area contributed by atoms with Crippen LogP contribution < -0.4 is 5.32 Å². The molecule has 1 atom stereocenters. The van der Waals surface area contributed by atoms with E-state index >= 15 is 0 Å². The molecule has 0 aromatic rings. The zero-order valence-electron chi connectivity index (χ0n) is 11.1. The maximum atomic E-state index is 11.4. The Balaban J connectivity index is 2.08. The van der Waals surface area contributed by atoms with Crippen LogP contribution in [0.25, 0.3) is 0 Å². The summed E-state index contributed by atoms with van der Waals surface area (Å²) in [6.07, 6.45) is 10.7. The minimum absolute atomic E-state index is 0.0174. The predicted octanol–water partition coefficient (Wildman–Crippen LogP) is 1.82. The molecule has 102 valence electrons. The van der Waals surface area contributed by atoms with Gasteiger partial charge >= 0.3 is 0 Å². The van der Waals surface area contributed by atoms with Crippen LogP contribution in [0.2, 0.25) is 0 Å². The summed E-state index contributed by atoms with van der Waals surface area (Å²) in [5.41, 5.74) is 0. The average molecular weight is 253 g/mol. The van der Waals surface area contributed by atoms with Crippen molar-refractivity contribution in [1.82, 2.24) is 5.32 Å². The lowest BCUT2D eigenvalue weighted by molar-refractivity contribution is -0.119. The molecule has 1 amide bonds. The second-order valence-electron chi connectivity index (χ2n) is 4.24. The van der Waals surface area contributed by atoms with Gasteiger partial charge in [-0.1, -0.05) is 38.0 Å². The van der Waals surface area contributed by atoms with E-state index in [9.17, 15) is 4.79 Å². The molecule has 1 fully saturated rings. The van der Waals surface area contributed by atoms with Gasteiger partial charge in [-0.3, -0.25) is 4.79 Å². The van der Waals surface area contributed by atoms with Crippen LogP contribution >= 0.6 is 0 Å². The fraction of sp³-hybridized carbons (Fsp3) is 0.643. The number of ether oxygens (including phenoxy) is 2. The van der Waals surface area contributed by atoms with Crippen molar-refractivity contribution in [2.24, 2.45) is 0 Å². The van der Waals surface area contributed by atoms with Crippen molar-refractivity contribution in [3.05, 3.63) is 24.3 Å². The second kappa shape index (κ2) is 9.85. The highest BCUT2D eigenvalue weighted by atomic mass is 16.6. The summed E-state index contributed by atoms with van der Waals surface area (Å²) in [5.74, 6) is -0.0932. The van der Waals surface area contributed by atoms with Gasteiger partial charge in [0.1, 0.15) is 0 Å². The molecule has 1 saturated heterocycles. The zero-order chi connectivity index (χ0) is 13.1. The smallest absolute Gasteiger partial charge is 0.244 e. The molecule has 4 heteroatoms. The summed E-state index contributed by atoms with van der Waals surface area (Å²) in [7, 11) is 0. The number of carbonyl (C=O) groups excluding carboxylic acids is 1. The lowest BCUT2D eigenvalue weighted by Crippen LogP contribution is -2.39. The van der Waals surface area contributed by atoms with Gasteiger partial charge in [0.2, 0.25) is 5.91 Å². The van der Waals surface area contributed by atoms with Crippen LogP contribution in [0, 0.1) is 0 Å². The first-order valence-corrected chi connectivity index (χ1v) is 6.63. The Morgan fingerprint density at radius 2 is 2.28 bits per heavy atom. The first-order valence-electron chi connectivity index (χ1n) is 6.63. The number of hydrogen-bond donors (Lipinski definition) is 1. The molecule has 1 aliphatic rings. The van der Waals surface area contributed by atoms with Gasteiger partial charge < -0.3 is 14.8 Å². The van der Waals surface area contributed by atoms with E-state index in [0.29, 0.717) is 26.4 Å². The molecule has 0 radical (unpaired) electrons. The topological polar surface area (TPSA) is 47.6 Å². The van der Waals surface area contributed by atoms with Gasteiger partial charge in [-0.05, 0) is 6.42 Å². The van der Waals surface area contributed by atoms with Gasteiger partial charge in [0.15, 0.2) is 0 Å². The first-order chi connectivity index (χ1) is 8.83. The van der Waals surface area contributed by atoms with E-state index in [0.717, 1.165) is 6.42 Å². The summed E-state index contributed by atoms with van der Waals surface area (Å²) in [6.45, 7) is 4.47. The zero-order valence-corrected chi connectivity index (χ0v) is 11.1. The molecule has 1 unspecified atom stereocenters. The van der Waals surface area contributed by atoms with Gasteiger partial charge in [0.25, 0.3) is 0 Å². The third-order valence-corrected chi connectivity index (χ3v) is 2.61. The Morgan fingerprint density at radius 1 is 1.39 bits per heavy atom. The Bertz CT molecular complexity index is 281. The largest absolute Gasteiger partial charge is 0.376 e. The van der Waals surface area contributed by atoms with Crippen molar-refractivity contribution in [3.63, 3.8) is 0 Å². The van der Waals surface area contributed by atoms with Gasteiger partial charge in [-0.15, -0.1) is 0 Å². The molecule has 4 nitrogen and oxygen atoms in total. The minimum Gasteiger partial charge on any atom is -0.376 e. The molecule has 0 aromatic heterocycles. The fourth-order valence-corrected chi connectivity index (χ4v) is 1.57. The minimum atomic E-state index is -0.0932. The Labute approximate surface area is 109 Å². The van der Waals surface area contributed by atoms with E-state index in [1.54, 1.807) is 6.08 Å². The molecular formula is C14H23NO3. The molecule has 0 saturated carbocycles. The lowest BCUT2D eigenvalue weighted by Gasteiger charge is -2.22. The van der Waals surface area contributed by atoms with Crippen molar-refractivity contribution < 1.29 is 14.3 Å². The van der Waals surface area contributed by atoms with Gasteiger partial charge in [0, 0.05) is 12.6 Å². The number of carbonyl (C=O) groups is 1. The lowest BCUT2D eigenvalue weighted by atomic mass is 10.2. The molecule has 0 aliphatic carbocycles.